The van der Waals surface area contributed by atoms with Crippen molar-refractivity contribution in [3.63, 3.8) is 0 Å². The van der Waals surface area contributed by atoms with Crippen LogP contribution in [0.2, 0.25) is 0 Å². The van der Waals surface area contributed by atoms with Crippen LogP contribution in [0.25, 0.3) is 0 Å². The van der Waals surface area contributed by atoms with Gasteiger partial charge in [0.1, 0.15) is 0 Å². The van der Waals surface area contributed by atoms with Gasteiger partial charge in [-0.3, -0.25) is 4.90 Å². The third-order valence-electron chi connectivity index (χ3n) is 3.42. The van der Waals surface area contributed by atoms with Crippen molar-refractivity contribution in [3.8, 4) is 0 Å². The molecule has 0 bridgehead atoms. The summed E-state index contributed by atoms with van der Waals surface area (Å²) >= 11 is 0. The molecule has 0 aromatic heterocycles. The first-order valence-electron chi connectivity index (χ1n) is 5.91. The SMILES string of the molecule is Cl.NCC1(O)CCN(Cc2ccccc2)CC1. The van der Waals surface area contributed by atoms with E-state index in [0.29, 0.717) is 6.54 Å². The molecule has 96 valence electrons. The zero-order valence-corrected chi connectivity index (χ0v) is 10.8. The van der Waals surface area contributed by atoms with Crippen LogP contribution >= 0.6 is 12.4 Å². The maximum atomic E-state index is 10.0. The van der Waals surface area contributed by atoms with E-state index < -0.39 is 5.60 Å². The van der Waals surface area contributed by atoms with Gasteiger partial charge < -0.3 is 10.8 Å². The molecule has 0 radical (unpaired) electrons. The van der Waals surface area contributed by atoms with E-state index in [1.54, 1.807) is 0 Å². The van der Waals surface area contributed by atoms with Gasteiger partial charge in [0.15, 0.2) is 0 Å². The zero-order chi connectivity index (χ0) is 11.4. The van der Waals surface area contributed by atoms with Gasteiger partial charge in [-0.2, -0.15) is 0 Å². The zero-order valence-electron chi connectivity index (χ0n) is 10.0. The highest BCUT2D eigenvalue weighted by atomic mass is 35.5. The molecule has 0 spiro atoms. The fourth-order valence-electron chi connectivity index (χ4n) is 2.17. The Morgan fingerprint density at radius 2 is 1.76 bits per heavy atom. The highest BCUT2D eigenvalue weighted by molar-refractivity contribution is 5.85. The maximum Gasteiger partial charge on any atom is 0.0793 e. The molecule has 1 saturated heterocycles. The molecule has 1 aromatic rings. The van der Waals surface area contributed by atoms with Gasteiger partial charge in [0.25, 0.3) is 0 Å². The first-order valence-corrected chi connectivity index (χ1v) is 5.91. The second kappa shape index (κ2) is 6.36. The van der Waals surface area contributed by atoms with E-state index in [0.717, 1.165) is 32.5 Å². The standard InChI is InChI=1S/C13H20N2O.ClH/c14-11-13(16)6-8-15(9-7-13)10-12-4-2-1-3-5-12;/h1-5,16H,6-11,14H2;1H. The Morgan fingerprint density at radius 1 is 1.18 bits per heavy atom. The predicted octanol–water partition coefficient (Wildman–Crippen LogP) is 1.39. The van der Waals surface area contributed by atoms with Crippen LogP contribution in [0.1, 0.15) is 18.4 Å². The molecule has 1 aromatic carbocycles. The lowest BCUT2D eigenvalue weighted by Crippen LogP contribution is -2.48. The van der Waals surface area contributed by atoms with Crippen LogP contribution in [0.3, 0.4) is 0 Å². The first kappa shape index (κ1) is 14.5. The molecule has 1 fully saturated rings. The molecule has 1 heterocycles. The van der Waals surface area contributed by atoms with Gasteiger partial charge in [-0.1, -0.05) is 30.3 Å². The smallest absolute Gasteiger partial charge is 0.0793 e. The highest BCUT2D eigenvalue weighted by Crippen LogP contribution is 2.21. The monoisotopic (exact) mass is 256 g/mol. The second-order valence-electron chi connectivity index (χ2n) is 4.69. The lowest BCUT2D eigenvalue weighted by Gasteiger charge is -2.37. The van der Waals surface area contributed by atoms with Gasteiger partial charge in [0.2, 0.25) is 0 Å². The molecule has 0 atom stereocenters. The Kier molecular flexibility index (Phi) is 5.40. The van der Waals surface area contributed by atoms with E-state index in [2.05, 4.69) is 29.2 Å². The van der Waals surface area contributed by atoms with Crippen molar-refractivity contribution in [2.75, 3.05) is 19.6 Å². The lowest BCUT2D eigenvalue weighted by molar-refractivity contribution is -0.0153. The first-order chi connectivity index (χ1) is 7.72. The molecule has 0 aliphatic carbocycles. The van der Waals surface area contributed by atoms with Crippen LogP contribution in [-0.2, 0) is 6.54 Å². The van der Waals surface area contributed by atoms with E-state index in [1.807, 2.05) is 6.07 Å². The van der Waals surface area contributed by atoms with Crippen molar-refractivity contribution < 1.29 is 5.11 Å². The molecule has 4 heteroatoms. The second-order valence-corrected chi connectivity index (χ2v) is 4.69. The van der Waals surface area contributed by atoms with E-state index in [4.69, 9.17) is 5.73 Å². The molecule has 17 heavy (non-hydrogen) atoms. The summed E-state index contributed by atoms with van der Waals surface area (Å²) in [5.41, 5.74) is 6.28. The summed E-state index contributed by atoms with van der Waals surface area (Å²) in [6.45, 7) is 3.22. The summed E-state index contributed by atoms with van der Waals surface area (Å²) < 4.78 is 0. The number of piperidine rings is 1. The van der Waals surface area contributed by atoms with Gasteiger partial charge in [0, 0.05) is 26.2 Å². The third kappa shape index (κ3) is 3.96. The summed E-state index contributed by atoms with van der Waals surface area (Å²) in [4.78, 5) is 2.37. The van der Waals surface area contributed by atoms with Crippen molar-refractivity contribution in [2.45, 2.75) is 25.0 Å². The topological polar surface area (TPSA) is 49.5 Å². The minimum absolute atomic E-state index is 0. The van der Waals surface area contributed by atoms with E-state index >= 15 is 0 Å². The average molecular weight is 257 g/mol. The summed E-state index contributed by atoms with van der Waals surface area (Å²) in [6.07, 6.45) is 1.58. The van der Waals surface area contributed by atoms with E-state index in [1.165, 1.54) is 5.56 Å². The van der Waals surface area contributed by atoms with E-state index in [9.17, 15) is 5.11 Å². The molecule has 0 unspecified atom stereocenters. The molecule has 1 aliphatic rings. The number of halogens is 1. The molecule has 2 rings (SSSR count). The van der Waals surface area contributed by atoms with Gasteiger partial charge >= 0.3 is 0 Å². The van der Waals surface area contributed by atoms with Crippen molar-refractivity contribution in [1.29, 1.82) is 0 Å². The molecule has 1 aliphatic heterocycles. The van der Waals surface area contributed by atoms with Crippen LogP contribution in [0.4, 0.5) is 0 Å². The fourth-order valence-corrected chi connectivity index (χ4v) is 2.17. The number of nitrogens with two attached hydrogens (primary N) is 1. The largest absolute Gasteiger partial charge is 0.388 e. The maximum absolute atomic E-state index is 10.0. The molecule has 3 N–H and O–H groups in total. The van der Waals surface area contributed by atoms with Crippen molar-refractivity contribution in [1.82, 2.24) is 4.90 Å². The van der Waals surface area contributed by atoms with Crippen LogP contribution in [0, 0.1) is 0 Å². The predicted molar refractivity (Wildman–Crippen MR) is 72.2 cm³/mol. The Bertz CT molecular complexity index is 323. The van der Waals surface area contributed by atoms with E-state index in [-0.39, 0.29) is 12.4 Å². The molecule has 3 nitrogen and oxygen atoms in total. The van der Waals surface area contributed by atoms with Gasteiger partial charge in [-0.25, -0.2) is 0 Å². The van der Waals surface area contributed by atoms with Gasteiger partial charge in [-0.15, -0.1) is 12.4 Å². The summed E-state index contributed by atoms with van der Waals surface area (Å²) in [7, 11) is 0. The number of aliphatic hydroxyl groups is 1. The minimum atomic E-state index is -0.618. The van der Waals surface area contributed by atoms with Crippen molar-refractivity contribution in [2.24, 2.45) is 5.73 Å². The number of likely N-dealkylation sites (tertiary alicyclic amines) is 1. The number of hydrogen-bond donors (Lipinski definition) is 2. The van der Waals surface area contributed by atoms with Crippen molar-refractivity contribution >= 4 is 12.4 Å². The lowest BCUT2D eigenvalue weighted by atomic mass is 9.91. The molecule has 0 saturated carbocycles. The van der Waals surface area contributed by atoms with Gasteiger partial charge in [-0.05, 0) is 18.4 Å². The van der Waals surface area contributed by atoms with Crippen LogP contribution in [0.15, 0.2) is 30.3 Å². The summed E-state index contributed by atoms with van der Waals surface area (Å²) in [5.74, 6) is 0. The third-order valence-corrected chi connectivity index (χ3v) is 3.42. The van der Waals surface area contributed by atoms with Crippen LogP contribution < -0.4 is 5.73 Å². The number of rotatable bonds is 3. The molecular formula is C13H21ClN2O. The fraction of sp³-hybridized carbons (Fsp3) is 0.538. The van der Waals surface area contributed by atoms with Crippen molar-refractivity contribution in [3.05, 3.63) is 35.9 Å². The summed E-state index contributed by atoms with van der Waals surface area (Å²) in [6, 6.07) is 10.4. The molecular weight excluding hydrogens is 236 g/mol. The average Bonchev–Trinajstić information content (AvgIpc) is 2.34. The van der Waals surface area contributed by atoms with Crippen LogP contribution in [0.5, 0.6) is 0 Å². The number of nitrogens with zero attached hydrogens (tertiary/aromatic N) is 1. The normalized spacial score (nSPS) is 19.6. The van der Waals surface area contributed by atoms with Gasteiger partial charge in [0.05, 0.1) is 5.60 Å². The Balaban J connectivity index is 0.00000144. The quantitative estimate of drug-likeness (QED) is 0.860. The highest BCUT2D eigenvalue weighted by Gasteiger charge is 2.30. The Morgan fingerprint density at radius 3 is 2.29 bits per heavy atom. The molecule has 0 amide bonds. The Labute approximate surface area is 109 Å². The summed E-state index contributed by atoms with van der Waals surface area (Å²) in [5, 5.41) is 10.0. The number of benzene rings is 1. The Hall–Kier alpha value is -0.610. The number of hydrogen-bond acceptors (Lipinski definition) is 3. The minimum Gasteiger partial charge on any atom is -0.388 e. The van der Waals surface area contributed by atoms with Crippen LogP contribution in [-0.4, -0.2) is 35.2 Å².